The Morgan fingerprint density at radius 3 is 0.694 bits per heavy atom. The van der Waals surface area contributed by atoms with Gasteiger partial charge in [0.2, 0.25) is 0 Å². The Bertz CT molecular complexity index is 1920. The maximum atomic E-state index is 11.6. The van der Waals surface area contributed by atoms with Gasteiger partial charge in [0.15, 0.2) is 0 Å². The van der Waals surface area contributed by atoms with E-state index < -0.39 is 79.3 Å². The lowest BCUT2D eigenvalue weighted by atomic mass is 10.3. The summed E-state index contributed by atoms with van der Waals surface area (Å²) >= 11 is -2.86. The molecule has 0 aliphatic rings. The van der Waals surface area contributed by atoms with Crippen molar-refractivity contribution in [3.63, 3.8) is 0 Å². The van der Waals surface area contributed by atoms with E-state index in [1.54, 1.807) is 0 Å². The van der Waals surface area contributed by atoms with Crippen LogP contribution < -0.4 is 20.3 Å². The van der Waals surface area contributed by atoms with E-state index in [4.69, 9.17) is 13.3 Å². The summed E-state index contributed by atoms with van der Waals surface area (Å²) in [6.07, 6.45) is 0. The minimum absolute atomic E-state index is 0.252. The maximum Gasteiger partial charge on any atom is 0.395 e. The van der Waals surface area contributed by atoms with Gasteiger partial charge in [-0.2, -0.15) is 33.7 Å². The molecular formula is C24H25N4O15PS5. The van der Waals surface area contributed by atoms with Crippen LogP contribution in [0.2, 0.25) is 0 Å². The van der Waals surface area contributed by atoms with E-state index in [1.165, 1.54) is 48.5 Å². The molecule has 49 heavy (non-hydrogen) atoms. The second kappa shape index (κ2) is 15.4. The fourth-order valence-electron chi connectivity index (χ4n) is 3.75. The first-order valence-corrected chi connectivity index (χ1v) is 21.2. The predicted octanol–water partition coefficient (Wildman–Crippen LogP) is 3.44. The lowest BCUT2D eigenvalue weighted by Gasteiger charge is -2.30. The van der Waals surface area contributed by atoms with Crippen LogP contribution >= 0.6 is 7.87 Å². The monoisotopic (exact) mass is 800 g/mol. The fraction of sp³-hybridized carbons (Fsp3) is 0. The molecule has 25 heteroatoms. The summed E-state index contributed by atoms with van der Waals surface area (Å²) in [5, 5.41) is 12.6. The molecule has 0 spiro atoms. The molecule has 0 fully saturated rings. The quantitative estimate of drug-likeness (QED) is 0.0563. The highest BCUT2D eigenvalue weighted by molar-refractivity contribution is 7.86. The Morgan fingerprint density at radius 1 is 0.429 bits per heavy atom. The molecular weight excluding hydrogens is 776 g/mol. The zero-order chi connectivity index (χ0) is 36.8. The first-order valence-electron chi connectivity index (χ1n) is 12.6. The molecule has 266 valence electrons. The molecule has 0 amide bonds. The summed E-state index contributed by atoms with van der Waals surface area (Å²) in [4.78, 5) is -1.64. The summed E-state index contributed by atoms with van der Waals surface area (Å²) in [6, 6.07) is 19.4. The number of anilines is 4. The first kappa shape index (κ1) is 39.7. The van der Waals surface area contributed by atoms with Gasteiger partial charge in [0.05, 0.1) is 53.7 Å². The summed E-state index contributed by atoms with van der Waals surface area (Å²) in [7, 11) is -21.6. The van der Waals surface area contributed by atoms with Gasteiger partial charge in [-0.15, -0.1) is 0 Å². The highest BCUT2D eigenvalue weighted by Gasteiger charge is 2.41. The molecule has 0 saturated carbocycles. The summed E-state index contributed by atoms with van der Waals surface area (Å²) in [5.41, 5.74) is 1.01. The molecule has 0 saturated heterocycles. The van der Waals surface area contributed by atoms with Crippen molar-refractivity contribution in [3.8, 4) is 0 Å². The van der Waals surface area contributed by atoms with Crippen LogP contribution in [0.5, 0.6) is 0 Å². The lowest BCUT2D eigenvalue weighted by molar-refractivity contribution is 0.435. The van der Waals surface area contributed by atoms with Gasteiger partial charge in [0.25, 0.3) is 40.5 Å². The average Bonchev–Trinajstić information content (AvgIpc) is 2.96. The predicted molar refractivity (Wildman–Crippen MR) is 178 cm³/mol. The molecule has 1 atom stereocenters. The molecule has 0 aliphatic carbocycles. The Labute approximate surface area is 283 Å². The molecule has 0 radical (unpaired) electrons. The van der Waals surface area contributed by atoms with Gasteiger partial charge in [-0.1, -0.05) is 0 Å². The third-order valence-electron chi connectivity index (χ3n) is 5.80. The van der Waals surface area contributed by atoms with E-state index in [0.29, 0.717) is 0 Å². The number of hydrogen-bond donors (Lipinski definition) is 9. The van der Waals surface area contributed by atoms with E-state index in [2.05, 4.69) is 20.3 Å². The molecule has 4 rings (SSSR count). The number of hydrogen-bond acceptors (Lipinski definition) is 14. The second-order valence-corrected chi connectivity index (χ2v) is 17.7. The van der Waals surface area contributed by atoms with Gasteiger partial charge in [-0.25, -0.2) is 24.6 Å². The maximum absolute atomic E-state index is 11.6. The van der Waals surface area contributed by atoms with Gasteiger partial charge in [-0.3, -0.25) is 18.2 Å². The van der Waals surface area contributed by atoms with Gasteiger partial charge in [0.1, 0.15) is 0 Å². The van der Waals surface area contributed by atoms with Crippen LogP contribution in [-0.2, 0) is 51.8 Å². The van der Waals surface area contributed by atoms with Crippen molar-refractivity contribution in [2.24, 2.45) is 0 Å². The van der Waals surface area contributed by atoms with Gasteiger partial charge < -0.3 is 9.11 Å². The zero-order valence-electron chi connectivity index (χ0n) is 24.0. The zero-order valence-corrected chi connectivity index (χ0v) is 29.0. The minimum atomic E-state index is -4.53. The van der Waals surface area contributed by atoms with Crippen LogP contribution in [0.1, 0.15) is 0 Å². The largest absolute Gasteiger partial charge is 0.750 e. The van der Waals surface area contributed by atoms with Crippen LogP contribution in [0.4, 0.5) is 22.7 Å². The van der Waals surface area contributed by atoms with Crippen molar-refractivity contribution < 1.29 is 65.2 Å². The van der Waals surface area contributed by atoms with E-state index in [0.717, 1.165) is 48.5 Å². The standard InChI is InChI=1S/C24H23N4O12PS4.H2O3S/c29-42(30,31)21-9-1-17(2-10-21)25-41(26-18-3-11-22(12-4-18)43(32,33)34,27-19-5-13-23(14-6-19)44(35,36)37)28-20-7-15-24(16-8-20)45(38,39)40;1-4(2)3/h1-16,25-28H,(H3-,29,30,31,32,33,34,35,36,37,38,39,40);(H2,1,2,3). The van der Waals surface area contributed by atoms with Gasteiger partial charge in [-0.05, 0) is 97.1 Å². The van der Waals surface area contributed by atoms with Crippen LogP contribution in [0.3, 0.4) is 0 Å². The highest BCUT2D eigenvalue weighted by Crippen LogP contribution is 2.56. The highest BCUT2D eigenvalue weighted by atomic mass is 32.2. The lowest BCUT2D eigenvalue weighted by Crippen LogP contribution is -2.27. The fourth-order valence-corrected chi connectivity index (χ4v) is 8.15. The Kier molecular flexibility index (Phi) is 12.5. The molecule has 4 aromatic carbocycles. The van der Waals surface area contributed by atoms with Crippen molar-refractivity contribution in [2.45, 2.75) is 19.6 Å². The third-order valence-corrected chi connectivity index (χ3v) is 11.6. The Balaban J connectivity index is 0.00000154. The molecule has 4 aromatic rings. The van der Waals surface area contributed by atoms with E-state index in [-0.39, 0.29) is 22.7 Å². The van der Waals surface area contributed by atoms with E-state index >= 15 is 0 Å². The van der Waals surface area contributed by atoms with Gasteiger partial charge in [0, 0.05) is 0 Å². The van der Waals surface area contributed by atoms with Crippen LogP contribution in [0.15, 0.2) is 117 Å². The third kappa shape index (κ3) is 12.2. The average molecular weight is 801 g/mol. The van der Waals surface area contributed by atoms with Crippen molar-refractivity contribution in [1.82, 2.24) is 0 Å². The molecule has 0 heterocycles. The molecule has 0 bridgehead atoms. The number of benzene rings is 4. The summed E-state index contributed by atoms with van der Waals surface area (Å²) < 4.78 is 154. The normalized spacial score (nSPS) is 12.9. The van der Waals surface area contributed by atoms with Gasteiger partial charge >= 0.3 is 7.87 Å². The molecule has 9 N–H and O–H groups in total. The van der Waals surface area contributed by atoms with Crippen molar-refractivity contribution in [2.75, 3.05) is 20.3 Å². The van der Waals surface area contributed by atoms with Crippen molar-refractivity contribution in [3.05, 3.63) is 97.1 Å². The smallest absolute Gasteiger partial charge is 0.395 e. The van der Waals surface area contributed by atoms with Crippen molar-refractivity contribution >= 4 is 82.4 Å². The number of nitrogens with one attached hydrogen (secondary N) is 4. The van der Waals surface area contributed by atoms with E-state index in [1.807, 2.05) is 0 Å². The van der Waals surface area contributed by atoms with E-state index in [9.17, 15) is 51.9 Å². The molecule has 0 aromatic heterocycles. The Morgan fingerprint density at radius 2 is 0.571 bits per heavy atom. The van der Waals surface area contributed by atoms with Crippen LogP contribution in [0, 0.1) is 0 Å². The second-order valence-electron chi connectivity index (χ2n) is 9.33. The summed E-state index contributed by atoms with van der Waals surface area (Å²) in [5.74, 6) is 0. The SMILES string of the molecule is O=S(=O)(O)c1ccc(N[P+](Nc2ccc(S(=O)(=O)O)cc2)(Nc2ccc(S(=O)(=O)O)cc2)Nc2ccc(S(=O)(=O)O)cc2)cc1.O=S([O-])O. The topological polar surface area (TPSA) is 326 Å². The molecule has 19 nitrogen and oxygen atoms in total. The minimum Gasteiger partial charge on any atom is -0.750 e. The number of rotatable bonds is 12. The van der Waals surface area contributed by atoms with Crippen LogP contribution in [-0.4, -0.2) is 65.2 Å². The molecule has 0 aliphatic heterocycles. The van der Waals surface area contributed by atoms with Crippen molar-refractivity contribution in [1.29, 1.82) is 0 Å². The van der Waals surface area contributed by atoms with Crippen LogP contribution in [0.25, 0.3) is 0 Å². The first-order chi connectivity index (χ1) is 22.5. The summed E-state index contributed by atoms with van der Waals surface area (Å²) in [6.45, 7) is 0. The Hall–Kier alpha value is -3.78. The molecule has 1 unspecified atom stereocenters.